The van der Waals surface area contributed by atoms with Gasteiger partial charge in [-0.2, -0.15) is 0 Å². The highest BCUT2D eigenvalue weighted by Gasteiger charge is 2.10. The van der Waals surface area contributed by atoms with E-state index in [1.165, 1.54) is 0 Å². The fourth-order valence-electron chi connectivity index (χ4n) is 2.39. The van der Waals surface area contributed by atoms with Crippen molar-refractivity contribution in [3.63, 3.8) is 0 Å². The van der Waals surface area contributed by atoms with Crippen molar-refractivity contribution in [1.29, 1.82) is 0 Å². The third kappa shape index (κ3) is 3.29. The van der Waals surface area contributed by atoms with E-state index in [0.29, 0.717) is 12.3 Å². The summed E-state index contributed by atoms with van der Waals surface area (Å²) in [5, 5.41) is 4.28. The van der Waals surface area contributed by atoms with Gasteiger partial charge in [0.05, 0.1) is 13.7 Å². The monoisotopic (exact) mass is 310 g/mol. The Balaban J connectivity index is 1.86. The minimum absolute atomic E-state index is 0.342. The van der Waals surface area contributed by atoms with Gasteiger partial charge >= 0.3 is 5.97 Å². The van der Waals surface area contributed by atoms with Crippen LogP contribution < -0.4 is 10.1 Å². The SMILES string of the molecule is CCOC(=O)c1cc2ccc(Nc3cccc(OC)c3)cc2[nH]1. The van der Waals surface area contributed by atoms with Gasteiger partial charge < -0.3 is 19.8 Å². The number of hydrogen-bond acceptors (Lipinski definition) is 4. The molecule has 0 radical (unpaired) electrons. The van der Waals surface area contributed by atoms with Crippen molar-refractivity contribution >= 4 is 28.2 Å². The molecule has 0 fully saturated rings. The maximum absolute atomic E-state index is 11.8. The number of aromatic nitrogens is 1. The molecule has 0 saturated carbocycles. The second-order valence-corrected chi connectivity index (χ2v) is 5.06. The third-order valence-electron chi connectivity index (χ3n) is 3.48. The smallest absolute Gasteiger partial charge is 0.354 e. The summed E-state index contributed by atoms with van der Waals surface area (Å²) < 4.78 is 10.2. The van der Waals surface area contributed by atoms with Crippen LogP contribution in [0.15, 0.2) is 48.5 Å². The summed E-state index contributed by atoms with van der Waals surface area (Å²) >= 11 is 0. The summed E-state index contributed by atoms with van der Waals surface area (Å²) in [4.78, 5) is 14.9. The number of methoxy groups -OCH3 is 1. The van der Waals surface area contributed by atoms with Crippen LogP contribution >= 0.6 is 0 Å². The fourth-order valence-corrected chi connectivity index (χ4v) is 2.39. The Labute approximate surface area is 134 Å². The minimum Gasteiger partial charge on any atom is -0.497 e. The number of anilines is 2. The lowest BCUT2D eigenvalue weighted by Crippen LogP contribution is -2.04. The van der Waals surface area contributed by atoms with E-state index in [1.54, 1.807) is 20.1 Å². The van der Waals surface area contributed by atoms with E-state index in [-0.39, 0.29) is 5.97 Å². The minimum atomic E-state index is -0.342. The number of rotatable bonds is 5. The first kappa shape index (κ1) is 15.0. The van der Waals surface area contributed by atoms with Crippen molar-refractivity contribution < 1.29 is 14.3 Å². The van der Waals surface area contributed by atoms with Gasteiger partial charge in [0.1, 0.15) is 11.4 Å². The van der Waals surface area contributed by atoms with Gasteiger partial charge in [-0.05, 0) is 37.3 Å². The van der Waals surface area contributed by atoms with E-state index in [2.05, 4.69) is 10.3 Å². The summed E-state index contributed by atoms with van der Waals surface area (Å²) in [7, 11) is 1.64. The molecular formula is C18H18N2O3. The molecule has 2 aromatic carbocycles. The first-order valence-electron chi connectivity index (χ1n) is 7.40. The Morgan fingerprint density at radius 3 is 2.74 bits per heavy atom. The predicted octanol–water partition coefficient (Wildman–Crippen LogP) is 4.10. The third-order valence-corrected chi connectivity index (χ3v) is 3.48. The Kier molecular flexibility index (Phi) is 4.19. The number of carbonyl (C=O) groups is 1. The Bertz CT molecular complexity index is 839. The van der Waals surface area contributed by atoms with Gasteiger partial charge in [0, 0.05) is 28.3 Å². The van der Waals surface area contributed by atoms with Crippen molar-refractivity contribution in [2.75, 3.05) is 19.0 Å². The van der Waals surface area contributed by atoms with Crippen molar-refractivity contribution in [2.45, 2.75) is 6.92 Å². The molecule has 0 bridgehead atoms. The summed E-state index contributed by atoms with van der Waals surface area (Å²) in [5.41, 5.74) is 3.19. The van der Waals surface area contributed by atoms with Gasteiger partial charge in [-0.3, -0.25) is 0 Å². The molecule has 1 aromatic heterocycles. The number of ether oxygens (including phenoxy) is 2. The largest absolute Gasteiger partial charge is 0.497 e. The topological polar surface area (TPSA) is 63.4 Å². The molecule has 0 aliphatic heterocycles. The summed E-state index contributed by atoms with van der Waals surface area (Å²) in [6.45, 7) is 2.15. The number of esters is 1. The van der Waals surface area contributed by atoms with Gasteiger partial charge in [-0.25, -0.2) is 4.79 Å². The number of carbonyl (C=O) groups excluding carboxylic acids is 1. The van der Waals surface area contributed by atoms with E-state index < -0.39 is 0 Å². The highest BCUT2D eigenvalue weighted by molar-refractivity contribution is 5.95. The molecule has 0 aliphatic rings. The summed E-state index contributed by atoms with van der Waals surface area (Å²) in [5.74, 6) is 0.451. The molecule has 1 heterocycles. The van der Waals surface area contributed by atoms with Gasteiger partial charge in [0.2, 0.25) is 0 Å². The van der Waals surface area contributed by atoms with E-state index in [9.17, 15) is 4.79 Å². The average molecular weight is 310 g/mol. The van der Waals surface area contributed by atoms with E-state index in [1.807, 2.05) is 42.5 Å². The number of nitrogens with one attached hydrogen (secondary N) is 2. The van der Waals surface area contributed by atoms with Gasteiger partial charge in [0.15, 0.2) is 0 Å². The van der Waals surface area contributed by atoms with Crippen LogP contribution in [0.4, 0.5) is 11.4 Å². The molecule has 3 aromatic rings. The van der Waals surface area contributed by atoms with Gasteiger partial charge in [-0.1, -0.05) is 12.1 Å². The molecule has 0 aliphatic carbocycles. The molecule has 0 amide bonds. The Hall–Kier alpha value is -2.95. The molecular weight excluding hydrogens is 292 g/mol. The quantitative estimate of drug-likeness (QED) is 0.697. The molecule has 0 unspecified atom stereocenters. The maximum atomic E-state index is 11.8. The molecule has 118 valence electrons. The zero-order valence-electron chi connectivity index (χ0n) is 13.1. The van der Waals surface area contributed by atoms with Crippen LogP contribution in [-0.2, 0) is 4.74 Å². The van der Waals surface area contributed by atoms with Crippen LogP contribution in [0.1, 0.15) is 17.4 Å². The van der Waals surface area contributed by atoms with Gasteiger partial charge in [-0.15, -0.1) is 0 Å². The average Bonchev–Trinajstić information content (AvgIpc) is 2.99. The zero-order chi connectivity index (χ0) is 16.2. The predicted molar refractivity (Wildman–Crippen MR) is 90.5 cm³/mol. The van der Waals surface area contributed by atoms with E-state index in [4.69, 9.17) is 9.47 Å². The molecule has 2 N–H and O–H groups in total. The van der Waals surface area contributed by atoms with Crippen molar-refractivity contribution in [3.8, 4) is 5.75 Å². The van der Waals surface area contributed by atoms with Crippen LogP contribution in [-0.4, -0.2) is 24.7 Å². The number of fused-ring (bicyclic) bond motifs is 1. The molecule has 3 rings (SSSR count). The zero-order valence-corrected chi connectivity index (χ0v) is 13.1. The standard InChI is InChI=1S/C18H18N2O3/c1-3-23-18(21)17-9-12-7-8-14(11-16(12)20-17)19-13-5-4-6-15(10-13)22-2/h4-11,19-20H,3H2,1-2H3. The highest BCUT2D eigenvalue weighted by atomic mass is 16.5. The molecule has 0 saturated heterocycles. The molecule has 5 nitrogen and oxygen atoms in total. The molecule has 5 heteroatoms. The number of H-pyrrole nitrogens is 1. The summed E-state index contributed by atoms with van der Waals surface area (Å²) in [6, 6.07) is 15.4. The normalized spacial score (nSPS) is 10.5. The number of aromatic amines is 1. The van der Waals surface area contributed by atoms with Crippen LogP contribution in [0, 0.1) is 0 Å². The van der Waals surface area contributed by atoms with Crippen molar-refractivity contribution in [1.82, 2.24) is 4.98 Å². The van der Waals surface area contributed by atoms with Crippen molar-refractivity contribution in [3.05, 3.63) is 54.2 Å². The van der Waals surface area contributed by atoms with E-state index >= 15 is 0 Å². The number of hydrogen-bond donors (Lipinski definition) is 2. The molecule has 23 heavy (non-hydrogen) atoms. The van der Waals surface area contributed by atoms with Crippen molar-refractivity contribution in [2.24, 2.45) is 0 Å². The Morgan fingerprint density at radius 1 is 1.13 bits per heavy atom. The second-order valence-electron chi connectivity index (χ2n) is 5.06. The highest BCUT2D eigenvalue weighted by Crippen LogP contribution is 2.25. The molecule has 0 atom stereocenters. The van der Waals surface area contributed by atoms with Crippen LogP contribution in [0.25, 0.3) is 10.9 Å². The Morgan fingerprint density at radius 2 is 1.96 bits per heavy atom. The molecule has 0 spiro atoms. The van der Waals surface area contributed by atoms with Crippen LogP contribution in [0.2, 0.25) is 0 Å². The second kappa shape index (κ2) is 6.44. The lowest BCUT2D eigenvalue weighted by molar-refractivity contribution is 0.0520. The fraction of sp³-hybridized carbons (Fsp3) is 0.167. The van der Waals surface area contributed by atoms with Crippen LogP contribution in [0.5, 0.6) is 5.75 Å². The lowest BCUT2D eigenvalue weighted by Gasteiger charge is -2.08. The van der Waals surface area contributed by atoms with E-state index in [0.717, 1.165) is 28.0 Å². The lowest BCUT2D eigenvalue weighted by atomic mass is 10.2. The number of benzene rings is 2. The maximum Gasteiger partial charge on any atom is 0.354 e. The first-order valence-corrected chi connectivity index (χ1v) is 7.40. The van der Waals surface area contributed by atoms with Crippen LogP contribution in [0.3, 0.4) is 0 Å². The first-order chi connectivity index (χ1) is 11.2. The van der Waals surface area contributed by atoms with Gasteiger partial charge in [0.25, 0.3) is 0 Å². The summed E-state index contributed by atoms with van der Waals surface area (Å²) in [6.07, 6.45) is 0.